The summed E-state index contributed by atoms with van der Waals surface area (Å²) in [6.07, 6.45) is 0.830. The molecular weight excluding hydrogens is 264 g/mol. The van der Waals surface area contributed by atoms with Crippen LogP contribution in [0.3, 0.4) is 0 Å². The summed E-state index contributed by atoms with van der Waals surface area (Å²) < 4.78 is 10.5. The molecule has 1 heterocycles. The summed E-state index contributed by atoms with van der Waals surface area (Å²) in [7, 11) is 1.65. The maximum Gasteiger partial charge on any atom is 0.230 e. The molecule has 2 rings (SSSR count). The molecule has 0 radical (unpaired) electrons. The van der Waals surface area contributed by atoms with E-state index >= 15 is 0 Å². The van der Waals surface area contributed by atoms with E-state index in [9.17, 15) is 0 Å². The monoisotopic (exact) mass is 288 g/mol. The molecule has 1 atom stereocenters. The average molecular weight is 288 g/mol. The smallest absolute Gasteiger partial charge is 0.230 e. The first-order valence-corrected chi connectivity index (χ1v) is 7.21. The Labute approximate surface area is 126 Å². The van der Waals surface area contributed by atoms with Crippen LogP contribution in [0, 0.1) is 11.3 Å². The largest absolute Gasteiger partial charge is 0.497 e. The van der Waals surface area contributed by atoms with E-state index < -0.39 is 0 Å². The maximum atomic E-state index is 5.98. The van der Waals surface area contributed by atoms with Gasteiger partial charge < -0.3 is 15.0 Å². The number of rotatable bonds is 4. The van der Waals surface area contributed by atoms with Crippen LogP contribution >= 0.6 is 0 Å². The second-order valence-electron chi connectivity index (χ2n) is 6.57. The number of nitrogen functional groups attached to an aromatic ring is 1. The van der Waals surface area contributed by atoms with Gasteiger partial charge in [0.1, 0.15) is 5.75 Å². The van der Waals surface area contributed by atoms with Gasteiger partial charge in [0.2, 0.25) is 5.88 Å². The standard InChI is InChI=1S/C17H24N2O2/c1-11(17(2,3)4)9-14-15(16(18)21-19-14)12-7-6-8-13(10-12)20-5/h6-8,10-11H,9,18H2,1-5H3. The van der Waals surface area contributed by atoms with Gasteiger partial charge in [-0.25, -0.2) is 0 Å². The Morgan fingerprint density at radius 3 is 2.67 bits per heavy atom. The SMILES string of the molecule is COc1cccc(-c2c(CC(C)C(C)(C)C)noc2N)c1. The number of benzene rings is 1. The molecule has 0 amide bonds. The van der Waals surface area contributed by atoms with Gasteiger partial charge in [-0.15, -0.1) is 0 Å². The van der Waals surface area contributed by atoms with E-state index in [1.807, 2.05) is 24.3 Å². The zero-order chi connectivity index (χ0) is 15.6. The molecule has 1 aromatic carbocycles. The Kier molecular flexibility index (Phi) is 4.26. The lowest BCUT2D eigenvalue weighted by Crippen LogP contribution is -2.19. The van der Waals surface area contributed by atoms with Crippen LogP contribution in [0.1, 0.15) is 33.4 Å². The van der Waals surface area contributed by atoms with Crippen molar-refractivity contribution < 1.29 is 9.26 Å². The number of nitrogens with zero attached hydrogens (tertiary/aromatic N) is 1. The van der Waals surface area contributed by atoms with E-state index in [-0.39, 0.29) is 5.41 Å². The molecule has 0 spiro atoms. The summed E-state index contributed by atoms with van der Waals surface area (Å²) >= 11 is 0. The molecule has 2 aromatic rings. The third-order valence-corrected chi connectivity index (χ3v) is 4.13. The van der Waals surface area contributed by atoms with Crippen LogP contribution in [0.15, 0.2) is 28.8 Å². The van der Waals surface area contributed by atoms with Gasteiger partial charge in [0.25, 0.3) is 0 Å². The summed E-state index contributed by atoms with van der Waals surface area (Å²) in [4.78, 5) is 0. The van der Waals surface area contributed by atoms with Gasteiger partial charge in [-0.2, -0.15) is 0 Å². The minimum Gasteiger partial charge on any atom is -0.497 e. The van der Waals surface area contributed by atoms with Crippen molar-refractivity contribution in [2.24, 2.45) is 11.3 Å². The fourth-order valence-corrected chi connectivity index (χ4v) is 2.16. The highest BCUT2D eigenvalue weighted by molar-refractivity contribution is 5.76. The zero-order valence-corrected chi connectivity index (χ0v) is 13.4. The Hall–Kier alpha value is -1.97. The number of nitrogens with two attached hydrogens (primary N) is 1. The van der Waals surface area contributed by atoms with Gasteiger partial charge in [0.05, 0.1) is 18.4 Å². The van der Waals surface area contributed by atoms with Crippen molar-refractivity contribution in [1.82, 2.24) is 5.16 Å². The summed E-state index contributed by atoms with van der Waals surface area (Å²) in [5, 5.41) is 4.16. The Balaban J connectivity index is 2.38. The summed E-state index contributed by atoms with van der Waals surface area (Å²) in [5.41, 5.74) is 8.95. The van der Waals surface area contributed by atoms with Gasteiger partial charge in [-0.05, 0) is 35.4 Å². The highest BCUT2D eigenvalue weighted by Gasteiger charge is 2.24. The maximum absolute atomic E-state index is 5.98. The molecule has 0 bridgehead atoms. The van der Waals surface area contributed by atoms with Crippen molar-refractivity contribution >= 4 is 5.88 Å². The fourth-order valence-electron chi connectivity index (χ4n) is 2.16. The first kappa shape index (κ1) is 15.4. The quantitative estimate of drug-likeness (QED) is 0.917. The molecule has 4 heteroatoms. The number of hydrogen-bond donors (Lipinski definition) is 1. The number of hydrogen-bond acceptors (Lipinski definition) is 4. The van der Waals surface area contributed by atoms with Crippen molar-refractivity contribution in [1.29, 1.82) is 0 Å². The Bertz CT molecular complexity index is 611. The Morgan fingerprint density at radius 1 is 1.33 bits per heavy atom. The molecule has 0 saturated carbocycles. The highest BCUT2D eigenvalue weighted by atomic mass is 16.5. The molecular formula is C17H24N2O2. The van der Waals surface area contributed by atoms with E-state index in [0.717, 1.165) is 29.0 Å². The number of aromatic nitrogens is 1. The van der Waals surface area contributed by atoms with Crippen LogP contribution < -0.4 is 10.5 Å². The van der Waals surface area contributed by atoms with Crippen molar-refractivity contribution in [3.05, 3.63) is 30.0 Å². The van der Waals surface area contributed by atoms with Gasteiger partial charge >= 0.3 is 0 Å². The van der Waals surface area contributed by atoms with E-state index in [4.69, 9.17) is 15.0 Å². The summed E-state index contributed by atoms with van der Waals surface area (Å²) in [6.45, 7) is 8.91. The van der Waals surface area contributed by atoms with Gasteiger partial charge in [-0.3, -0.25) is 0 Å². The molecule has 0 aliphatic rings. The van der Waals surface area contributed by atoms with Crippen LogP contribution in [-0.2, 0) is 6.42 Å². The van der Waals surface area contributed by atoms with E-state index in [0.29, 0.717) is 11.8 Å². The van der Waals surface area contributed by atoms with Gasteiger partial charge in [0, 0.05) is 0 Å². The molecule has 114 valence electrons. The fraction of sp³-hybridized carbons (Fsp3) is 0.471. The second kappa shape index (κ2) is 5.80. The topological polar surface area (TPSA) is 61.3 Å². The highest BCUT2D eigenvalue weighted by Crippen LogP contribution is 2.36. The molecule has 1 unspecified atom stereocenters. The summed E-state index contributed by atoms with van der Waals surface area (Å²) in [5.74, 6) is 1.62. The number of methoxy groups -OCH3 is 1. The van der Waals surface area contributed by atoms with Crippen LogP contribution in [0.4, 0.5) is 5.88 Å². The molecule has 0 aliphatic heterocycles. The first-order valence-electron chi connectivity index (χ1n) is 7.21. The van der Waals surface area contributed by atoms with Crippen molar-refractivity contribution in [3.63, 3.8) is 0 Å². The third kappa shape index (κ3) is 3.38. The van der Waals surface area contributed by atoms with Crippen LogP contribution in [-0.4, -0.2) is 12.3 Å². The number of ether oxygens (including phenoxy) is 1. The molecule has 2 N–H and O–H groups in total. The predicted molar refractivity (Wildman–Crippen MR) is 85.2 cm³/mol. The number of anilines is 1. The lowest BCUT2D eigenvalue weighted by Gasteiger charge is -2.26. The second-order valence-corrected chi connectivity index (χ2v) is 6.57. The molecule has 4 nitrogen and oxygen atoms in total. The van der Waals surface area contributed by atoms with Crippen LogP contribution in [0.5, 0.6) is 5.75 Å². The molecule has 0 fully saturated rings. The molecule has 0 aliphatic carbocycles. The molecule has 21 heavy (non-hydrogen) atoms. The normalized spacial score (nSPS) is 13.2. The minimum atomic E-state index is 0.208. The van der Waals surface area contributed by atoms with Crippen LogP contribution in [0.25, 0.3) is 11.1 Å². The van der Waals surface area contributed by atoms with E-state index in [1.165, 1.54) is 0 Å². The van der Waals surface area contributed by atoms with Gasteiger partial charge in [0.15, 0.2) is 0 Å². The van der Waals surface area contributed by atoms with Gasteiger partial charge in [-0.1, -0.05) is 45.0 Å². The Morgan fingerprint density at radius 2 is 2.05 bits per heavy atom. The van der Waals surface area contributed by atoms with E-state index in [2.05, 4.69) is 32.9 Å². The third-order valence-electron chi connectivity index (χ3n) is 4.13. The van der Waals surface area contributed by atoms with E-state index in [1.54, 1.807) is 7.11 Å². The minimum absolute atomic E-state index is 0.208. The van der Waals surface area contributed by atoms with Crippen LogP contribution in [0.2, 0.25) is 0 Å². The first-order chi connectivity index (χ1) is 9.82. The average Bonchev–Trinajstić information content (AvgIpc) is 2.78. The lowest BCUT2D eigenvalue weighted by atomic mass is 9.79. The molecule has 1 aromatic heterocycles. The van der Waals surface area contributed by atoms with Crippen molar-refractivity contribution in [2.75, 3.05) is 12.8 Å². The van der Waals surface area contributed by atoms with Crippen molar-refractivity contribution in [2.45, 2.75) is 34.1 Å². The van der Waals surface area contributed by atoms with Crippen molar-refractivity contribution in [3.8, 4) is 16.9 Å². The predicted octanol–water partition coefficient (Wildman–Crippen LogP) is 4.16. The zero-order valence-electron chi connectivity index (χ0n) is 13.4. The lowest BCUT2D eigenvalue weighted by molar-refractivity contribution is 0.255. The molecule has 0 saturated heterocycles. The summed E-state index contributed by atoms with van der Waals surface area (Å²) in [6, 6.07) is 7.80.